The summed E-state index contributed by atoms with van der Waals surface area (Å²) < 4.78 is 4.83. The van der Waals surface area contributed by atoms with E-state index in [-0.39, 0.29) is 74.4 Å². The molecule has 26 heteroatoms. The van der Waals surface area contributed by atoms with Gasteiger partial charge in [0.15, 0.2) is 0 Å². The number of amides is 11. The lowest BCUT2D eigenvalue weighted by molar-refractivity contribution is -0.156. The molecule has 0 aromatic heterocycles. The molecule has 5 N–H and O–H groups in total. The highest BCUT2D eigenvalue weighted by Gasteiger charge is 2.45. The fraction of sp³-hybridized carbons (Fsp3) is 0.800. The van der Waals surface area contributed by atoms with Gasteiger partial charge in [0.25, 0.3) is 0 Å². The first kappa shape index (κ1) is 87.7. The molecule has 1 saturated heterocycles. The maximum absolute atomic E-state index is 15.4. The zero-order valence-electron chi connectivity index (χ0n) is 63.0. The van der Waals surface area contributed by atoms with Crippen molar-refractivity contribution in [1.29, 1.82) is 0 Å². The summed E-state index contributed by atoms with van der Waals surface area (Å²) in [6, 6.07) is -13.8. The molecule has 12 atom stereocenters. The molecule has 11 amide bonds. The van der Waals surface area contributed by atoms with E-state index < -0.39 is 155 Å². The third-order valence-electron chi connectivity index (χ3n) is 18.0. The van der Waals surface area contributed by atoms with E-state index in [1.54, 1.807) is 34.6 Å². The molecule has 0 radical (unpaired) electrons. The SMILES string of the molecule is C/C=C/C[C@@H](C)C[C@@H]1C(=O)N[C@H](CC)C(=O)N(C)[C@H](CSCCCC(=O)OC)C(=O)N(C)[C@@H](CC(C)(C)O)C(=O)N[C@H](C(C)C)C(=O)N(C)[C@H](CCC(C)C)C(=O)N[C@H](C)C(=O)N[C@@H](C)C(=O)N(C)[C@@H](CC(C)C)C(=O)N(C)[C@H](CCC(C)C)C(=O)N(C)[C@H](C(C)C)C(=O)N1C. The molecule has 0 bridgehead atoms. The van der Waals surface area contributed by atoms with Crippen LogP contribution in [0.3, 0.4) is 0 Å². The van der Waals surface area contributed by atoms with E-state index in [0.29, 0.717) is 31.4 Å². The van der Waals surface area contributed by atoms with Gasteiger partial charge in [-0.2, -0.15) is 11.8 Å². The molecule has 0 aliphatic carbocycles. The third kappa shape index (κ3) is 26.8. The number of nitrogens with zero attached hydrogens (tertiary/aromatic N) is 7. The lowest BCUT2D eigenvalue weighted by Crippen LogP contribution is -2.62. The number of nitrogens with one attached hydrogen (secondary N) is 4. The van der Waals surface area contributed by atoms with Crippen LogP contribution >= 0.6 is 11.8 Å². The van der Waals surface area contributed by atoms with E-state index in [2.05, 4.69) is 21.3 Å². The molecule has 0 unspecified atom stereocenters. The predicted octanol–water partition coefficient (Wildman–Crippen LogP) is 5.25. The van der Waals surface area contributed by atoms with Crippen LogP contribution in [0.1, 0.15) is 188 Å². The van der Waals surface area contributed by atoms with Crippen molar-refractivity contribution in [3.8, 4) is 0 Å². The normalized spacial score (nSPS) is 25.7. The van der Waals surface area contributed by atoms with E-state index in [1.807, 2.05) is 67.5 Å². The Labute approximate surface area is 579 Å². The molecule has 0 spiro atoms. The summed E-state index contributed by atoms with van der Waals surface area (Å²) in [5.74, 6) is -8.97. The molecule has 0 aromatic carbocycles. The summed E-state index contributed by atoms with van der Waals surface area (Å²) in [7, 11) is 11.4. The summed E-state index contributed by atoms with van der Waals surface area (Å²) in [6.07, 6.45) is 5.99. The molecule has 96 heavy (non-hydrogen) atoms. The standard InChI is InChI=1S/C70H125N11O14S/c1-26-28-30-46(13)38-52-61(85)73-49(27-2)64(88)80(23)55(40-96-36-29-31-56(82)95-25)67(91)79(22)54(39-70(16,17)94)62(86)74-57(44(9)10)68(92)75(18)50(34-32-41(3)4)60(84)71-47(14)59(83)72-48(15)63(87)78(21)53(37-43(7)8)66(90)76(19)51(35-33-42(5)6)65(89)81(24)58(45(11)12)69(93)77(52)20/h26,28,41-55,57-58,94H,27,29-40H2,1-25H3,(H,71,84)(H,72,83)(H,73,85)(H,74,86)/b28-26+/t46-,47-,48+,49-,50-,51-,52-,53+,54+,55-,57-,58-/m1/s1. The van der Waals surface area contributed by atoms with Gasteiger partial charge in [0.2, 0.25) is 65.0 Å². The minimum absolute atomic E-state index is 0.0180. The Kier molecular flexibility index (Phi) is 37.6. The van der Waals surface area contributed by atoms with Gasteiger partial charge in [-0.05, 0) is 134 Å². The van der Waals surface area contributed by atoms with Crippen molar-refractivity contribution in [2.24, 2.45) is 35.5 Å². The summed E-state index contributed by atoms with van der Waals surface area (Å²) in [6.45, 7) is 29.8. The number of likely N-dealkylation sites (N-methyl/N-ethyl adjacent to an activating group) is 7. The number of hydrogen-bond acceptors (Lipinski definition) is 15. The molecule has 25 nitrogen and oxygen atoms in total. The first-order valence-electron chi connectivity index (χ1n) is 34.5. The fourth-order valence-electron chi connectivity index (χ4n) is 11.8. The van der Waals surface area contributed by atoms with Crippen molar-refractivity contribution in [2.45, 2.75) is 260 Å². The molecule has 1 rings (SSSR count). The summed E-state index contributed by atoms with van der Waals surface area (Å²) in [5.41, 5.74) is -1.60. The Morgan fingerprint density at radius 2 is 1.01 bits per heavy atom. The Morgan fingerprint density at radius 1 is 0.542 bits per heavy atom. The van der Waals surface area contributed by atoms with Crippen molar-refractivity contribution < 1.29 is 67.4 Å². The van der Waals surface area contributed by atoms with Crippen molar-refractivity contribution in [3.05, 3.63) is 12.2 Å². The van der Waals surface area contributed by atoms with Gasteiger partial charge in [0.05, 0.1) is 12.7 Å². The van der Waals surface area contributed by atoms with Gasteiger partial charge < -0.3 is 65.4 Å². The average molecular weight is 1380 g/mol. The van der Waals surface area contributed by atoms with Crippen LogP contribution in [0, 0.1) is 35.5 Å². The van der Waals surface area contributed by atoms with E-state index in [1.165, 1.54) is 125 Å². The van der Waals surface area contributed by atoms with E-state index in [9.17, 15) is 33.9 Å². The van der Waals surface area contributed by atoms with Crippen LogP contribution in [0.5, 0.6) is 0 Å². The van der Waals surface area contributed by atoms with Gasteiger partial charge in [-0.3, -0.25) is 57.5 Å². The second-order valence-corrected chi connectivity index (χ2v) is 30.2. The predicted molar refractivity (Wildman–Crippen MR) is 375 cm³/mol. The van der Waals surface area contributed by atoms with Crippen molar-refractivity contribution >= 4 is 82.7 Å². The largest absolute Gasteiger partial charge is 0.469 e. The fourth-order valence-corrected chi connectivity index (χ4v) is 12.9. The number of aliphatic hydroxyl groups is 1. The number of esters is 1. The van der Waals surface area contributed by atoms with Crippen LogP contribution in [0.2, 0.25) is 0 Å². The summed E-state index contributed by atoms with van der Waals surface area (Å²) in [5, 5.41) is 22.6. The van der Waals surface area contributed by atoms with Gasteiger partial charge in [-0.1, -0.05) is 95.2 Å². The van der Waals surface area contributed by atoms with E-state index >= 15 is 28.8 Å². The quantitative estimate of drug-likeness (QED) is 0.0496. The Bertz CT molecular complexity index is 2630. The summed E-state index contributed by atoms with van der Waals surface area (Å²) in [4.78, 5) is 185. The zero-order chi connectivity index (χ0) is 74.1. The van der Waals surface area contributed by atoms with Gasteiger partial charge >= 0.3 is 5.97 Å². The first-order valence-corrected chi connectivity index (χ1v) is 35.7. The highest BCUT2D eigenvalue weighted by molar-refractivity contribution is 7.99. The van der Waals surface area contributed by atoms with Crippen LogP contribution in [-0.4, -0.2) is 250 Å². The van der Waals surface area contributed by atoms with Gasteiger partial charge in [0.1, 0.15) is 66.5 Å². The lowest BCUT2D eigenvalue weighted by Gasteiger charge is -2.41. The van der Waals surface area contributed by atoms with E-state index in [4.69, 9.17) is 4.74 Å². The topological polar surface area (TPSA) is 305 Å². The molecule has 1 fully saturated rings. The lowest BCUT2D eigenvalue weighted by atomic mass is 9.94. The van der Waals surface area contributed by atoms with Crippen LogP contribution in [0.15, 0.2) is 12.2 Å². The van der Waals surface area contributed by atoms with Gasteiger partial charge in [0, 0.05) is 67.9 Å². The Hall–Kier alpha value is -6.31. The zero-order valence-corrected chi connectivity index (χ0v) is 63.8. The van der Waals surface area contributed by atoms with Crippen molar-refractivity contribution in [1.82, 2.24) is 55.6 Å². The van der Waals surface area contributed by atoms with Gasteiger partial charge in [-0.25, -0.2) is 0 Å². The Morgan fingerprint density at radius 3 is 1.51 bits per heavy atom. The van der Waals surface area contributed by atoms with Gasteiger partial charge in [-0.15, -0.1) is 0 Å². The van der Waals surface area contributed by atoms with Crippen molar-refractivity contribution in [3.63, 3.8) is 0 Å². The molecule has 1 heterocycles. The minimum atomic E-state index is -1.60. The molecule has 1 aliphatic heterocycles. The number of thioether (sulfide) groups is 1. The van der Waals surface area contributed by atoms with Crippen LogP contribution in [0.4, 0.5) is 0 Å². The molecular weight excluding hydrogens is 1250 g/mol. The third-order valence-corrected chi connectivity index (χ3v) is 19.2. The number of rotatable bonds is 23. The molecule has 550 valence electrons. The Balaban J connectivity index is 4.56. The van der Waals surface area contributed by atoms with E-state index in [0.717, 1.165) is 4.90 Å². The average Bonchev–Trinajstić information content (AvgIpc) is 0.818. The number of hydrogen-bond donors (Lipinski definition) is 5. The minimum Gasteiger partial charge on any atom is -0.469 e. The monoisotopic (exact) mass is 1380 g/mol. The molecular formula is C70H125N11O14S. The van der Waals surface area contributed by atoms with Crippen LogP contribution < -0.4 is 21.3 Å². The second-order valence-electron chi connectivity index (χ2n) is 29.1. The highest BCUT2D eigenvalue weighted by Crippen LogP contribution is 2.27. The van der Waals surface area contributed by atoms with Crippen molar-refractivity contribution in [2.75, 3.05) is 67.9 Å². The first-order chi connectivity index (χ1) is 44.4. The molecule has 1 aliphatic rings. The second kappa shape index (κ2) is 41.2. The summed E-state index contributed by atoms with van der Waals surface area (Å²) >= 11 is 1.26. The number of allylic oxidation sites excluding steroid dienone is 2. The maximum atomic E-state index is 15.4. The van der Waals surface area contributed by atoms with Crippen LogP contribution in [-0.2, 0) is 62.3 Å². The number of methoxy groups -OCH3 is 1. The number of carbonyl (C=O) groups excluding carboxylic acids is 12. The van der Waals surface area contributed by atoms with Crippen LogP contribution in [0.25, 0.3) is 0 Å². The smallest absolute Gasteiger partial charge is 0.305 e. The maximum Gasteiger partial charge on any atom is 0.305 e. The molecule has 0 saturated carbocycles. The number of ether oxygens (including phenoxy) is 1. The highest BCUT2D eigenvalue weighted by atomic mass is 32.2. The number of carbonyl (C=O) groups is 12. The molecule has 0 aromatic rings.